The van der Waals surface area contributed by atoms with Crippen molar-refractivity contribution in [1.29, 1.82) is 0 Å². The highest BCUT2D eigenvalue weighted by atomic mass is 31.1. The number of benzene rings is 1. The van der Waals surface area contributed by atoms with Crippen molar-refractivity contribution in [2.45, 2.75) is 126 Å². The molecule has 0 heterocycles. The van der Waals surface area contributed by atoms with E-state index in [0.717, 1.165) is 6.42 Å². The quantitative estimate of drug-likeness (QED) is 0.350. The second-order valence-corrected chi connectivity index (χ2v) is 19.0. The van der Waals surface area contributed by atoms with Gasteiger partial charge in [-0.3, -0.25) is 0 Å². The lowest BCUT2D eigenvalue weighted by Crippen LogP contribution is -2.70. The minimum Gasteiger partial charge on any atom is -0.0905 e. The van der Waals surface area contributed by atoms with Crippen LogP contribution in [0.3, 0.4) is 0 Å². The third-order valence-corrected chi connectivity index (χ3v) is 17.2. The van der Waals surface area contributed by atoms with Crippen LogP contribution in [-0.2, 0) is 6.42 Å². The highest BCUT2D eigenvalue weighted by molar-refractivity contribution is 7.61. The maximum Gasteiger partial charge on any atom is 0.0158 e. The molecule has 0 nitrogen and oxygen atoms in total. The van der Waals surface area contributed by atoms with Crippen LogP contribution in [0.2, 0.25) is 0 Å². The molecule has 0 radical (unpaired) electrons. The maximum atomic E-state index is 2.76. The van der Waals surface area contributed by atoms with Gasteiger partial charge >= 0.3 is 0 Å². The Morgan fingerprint density at radius 2 is 1.46 bits per heavy atom. The molecule has 4 aliphatic rings. The van der Waals surface area contributed by atoms with Crippen LogP contribution < -0.4 is 0 Å². The number of fused-ring (bicyclic) bond motifs is 6. The topological polar surface area (TPSA) is 0 Å². The van der Waals surface area contributed by atoms with Gasteiger partial charge in [-0.1, -0.05) is 121 Å². The van der Waals surface area contributed by atoms with Crippen LogP contribution in [0.15, 0.2) is 47.1 Å². The molecule has 1 saturated carbocycles. The molecule has 1 heteroatoms. The average molecular weight is 517 g/mol. The second-order valence-electron chi connectivity index (χ2n) is 15.2. The third kappa shape index (κ3) is 3.01. The van der Waals surface area contributed by atoms with Crippen LogP contribution in [-0.4, -0.2) is 16.5 Å². The summed E-state index contributed by atoms with van der Waals surface area (Å²) in [5, 5.41) is 0.154. The highest BCUT2D eigenvalue weighted by Gasteiger charge is 2.74. The SMILES string of the molecule is Cc1cccc2c1C1=C3C=CCCC3C3(C)C(=C1C2)C(C)(P(C(C)C)C(C)C)C(C)(C)C(C)(C)C3(C)C. The molecule has 3 atom stereocenters. The molecule has 0 saturated heterocycles. The van der Waals surface area contributed by atoms with Crippen LogP contribution in [0, 0.1) is 34.5 Å². The number of aryl methyl sites for hydroxylation is 1. The van der Waals surface area contributed by atoms with E-state index in [0.29, 0.717) is 17.2 Å². The van der Waals surface area contributed by atoms with Gasteiger partial charge in [0.15, 0.2) is 0 Å². The molecule has 0 bridgehead atoms. The lowest BCUT2D eigenvalue weighted by Gasteiger charge is -2.76. The summed E-state index contributed by atoms with van der Waals surface area (Å²) >= 11 is 0. The van der Waals surface area contributed by atoms with Gasteiger partial charge in [0.25, 0.3) is 0 Å². The summed E-state index contributed by atoms with van der Waals surface area (Å²) in [5.41, 5.74) is 13.5. The van der Waals surface area contributed by atoms with Gasteiger partial charge in [0.1, 0.15) is 0 Å². The standard InChI is InChI=1S/C36H53P/c1-22(2)37(23(3)4)36(13)31-27-21-25-18-16-17-24(5)29(25)30(27)26-19-14-15-20-28(26)35(31,12)33(8,9)32(6,7)34(36,10)11/h14,16-19,22-23,28H,15,20-21H2,1-13H3. The fourth-order valence-corrected chi connectivity index (χ4v) is 15.1. The monoisotopic (exact) mass is 516 g/mol. The zero-order chi connectivity index (χ0) is 27.5. The van der Waals surface area contributed by atoms with E-state index in [9.17, 15) is 0 Å². The third-order valence-electron chi connectivity index (χ3n) is 13.1. The molecule has 0 aromatic heterocycles. The summed E-state index contributed by atoms with van der Waals surface area (Å²) in [6.45, 7) is 33.9. The van der Waals surface area contributed by atoms with Crippen molar-refractivity contribution < 1.29 is 0 Å². The lowest BCUT2D eigenvalue weighted by molar-refractivity contribution is -0.152. The lowest BCUT2D eigenvalue weighted by atomic mass is 9.32. The van der Waals surface area contributed by atoms with Gasteiger partial charge < -0.3 is 0 Å². The predicted octanol–water partition coefficient (Wildman–Crippen LogP) is 10.7. The Labute approximate surface area is 230 Å². The van der Waals surface area contributed by atoms with Crippen molar-refractivity contribution in [3.05, 3.63) is 63.8 Å². The molecule has 1 fully saturated rings. The summed E-state index contributed by atoms with van der Waals surface area (Å²) in [5.74, 6) is 0.581. The van der Waals surface area contributed by atoms with Gasteiger partial charge in [0, 0.05) is 10.6 Å². The Hall–Kier alpha value is -1.13. The molecular weight excluding hydrogens is 463 g/mol. The Morgan fingerprint density at radius 1 is 0.838 bits per heavy atom. The van der Waals surface area contributed by atoms with E-state index >= 15 is 0 Å². The molecule has 1 aromatic carbocycles. The number of rotatable bonds is 3. The van der Waals surface area contributed by atoms with Crippen molar-refractivity contribution in [1.82, 2.24) is 0 Å². The fourth-order valence-electron chi connectivity index (χ4n) is 10.3. The summed E-state index contributed by atoms with van der Waals surface area (Å²) in [4.78, 5) is 0. The van der Waals surface area contributed by atoms with E-state index in [1.165, 1.54) is 18.4 Å². The number of allylic oxidation sites excluding steroid dienone is 6. The normalized spacial score (nSPS) is 33.1. The largest absolute Gasteiger partial charge is 0.0905 e. The van der Waals surface area contributed by atoms with E-state index in [4.69, 9.17) is 0 Å². The van der Waals surface area contributed by atoms with Gasteiger partial charge in [-0.2, -0.15) is 0 Å². The van der Waals surface area contributed by atoms with Gasteiger partial charge in [-0.25, -0.2) is 0 Å². The van der Waals surface area contributed by atoms with Crippen molar-refractivity contribution in [3.63, 3.8) is 0 Å². The van der Waals surface area contributed by atoms with Crippen LogP contribution in [0.4, 0.5) is 0 Å². The summed E-state index contributed by atoms with van der Waals surface area (Å²) in [6, 6.07) is 7.07. The maximum absolute atomic E-state index is 2.76. The molecule has 37 heavy (non-hydrogen) atoms. The molecule has 5 rings (SSSR count). The van der Waals surface area contributed by atoms with E-state index in [1.807, 2.05) is 5.57 Å². The van der Waals surface area contributed by atoms with Crippen LogP contribution in [0.5, 0.6) is 0 Å². The summed E-state index contributed by atoms with van der Waals surface area (Å²) in [7, 11) is -0.272. The summed E-state index contributed by atoms with van der Waals surface area (Å²) in [6.07, 6.45) is 8.63. The Kier molecular flexibility index (Phi) is 6.08. The van der Waals surface area contributed by atoms with Gasteiger partial charge in [-0.05, 0) is 98.6 Å². The summed E-state index contributed by atoms with van der Waals surface area (Å²) < 4.78 is 0. The molecule has 1 aromatic rings. The van der Waals surface area contributed by atoms with E-state index in [1.54, 1.807) is 27.8 Å². The zero-order valence-corrected chi connectivity index (χ0v) is 27.1. The van der Waals surface area contributed by atoms with Gasteiger partial charge in [-0.15, -0.1) is 0 Å². The highest BCUT2D eigenvalue weighted by Crippen LogP contribution is 2.83. The smallest absolute Gasteiger partial charge is 0.0158 e. The van der Waals surface area contributed by atoms with E-state index < -0.39 is 0 Å². The molecule has 202 valence electrons. The van der Waals surface area contributed by atoms with Crippen LogP contribution in [0.1, 0.15) is 113 Å². The first kappa shape index (κ1) is 27.4. The van der Waals surface area contributed by atoms with Gasteiger partial charge in [0.2, 0.25) is 0 Å². The number of hydrogen-bond acceptors (Lipinski definition) is 0. The second kappa shape index (κ2) is 8.19. The van der Waals surface area contributed by atoms with Crippen LogP contribution >= 0.6 is 7.92 Å². The first-order valence-electron chi connectivity index (χ1n) is 15.0. The molecule has 4 aliphatic carbocycles. The first-order chi connectivity index (χ1) is 17.0. The van der Waals surface area contributed by atoms with Crippen molar-refractivity contribution in [2.24, 2.45) is 27.6 Å². The molecule has 0 aliphatic heterocycles. The van der Waals surface area contributed by atoms with Crippen molar-refractivity contribution in [3.8, 4) is 0 Å². The predicted molar refractivity (Wildman–Crippen MR) is 166 cm³/mol. The molecule has 0 N–H and O–H groups in total. The molecule has 0 spiro atoms. The van der Waals surface area contributed by atoms with Gasteiger partial charge in [0.05, 0.1) is 0 Å². The van der Waals surface area contributed by atoms with E-state index in [-0.39, 0.29) is 34.7 Å². The average Bonchev–Trinajstić information content (AvgIpc) is 3.17. The Morgan fingerprint density at radius 3 is 2.05 bits per heavy atom. The molecule has 0 amide bonds. The minimum absolute atomic E-state index is 0.125. The number of hydrogen-bond donors (Lipinski definition) is 0. The first-order valence-corrected chi connectivity index (χ1v) is 16.5. The molecule has 3 unspecified atom stereocenters. The minimum atomic E-state index is -0.272. The van der Waals surface area contributed by atoms with Crippen LogP contribution in [0.25, 0.3) is 5.57 Å². The molecular formula is C36H53P. The Balaban J connectivity index is 2.01. The van der Waals surface area contributed by atoms with Crippen molar-refractivity contribution in [2.75, 3.05) is 0 Å². The Bertz CT molecular complexity index is 1220. The zero-order valence-electron chi connectivity index (χ0n) is 26.2. The van der Waals surface area contributed by atoms with Crippen molar-refractivity contribution >= 4 is 13.5 Å². The van der Waals surface area contributed by atoms with E-state index in [2.05, 4.69) is 120 Å². The fraction of sp³-hybridized carbons (Fsp3) is 0.667.